The number of hydrogen-bond acceptors (Lipinski definition) is 4. The Morgan fingerprint density at radius 2 is 2.00 bits per heavy atom. The van der Waals surface area contributed by atoms with E-state index in [0.29, 0.717) is 25.4 Å². The van der Waals surface area contributed by atoms with Crippen LogP contribution in [-0.4, -0.2) is 37.4 Å². The SMILES string of the molecule is COCC(C)n1c(-c2ccc3c(c2)OCCCO3)cc(C(N)=O)c1C. The smallest absolute Gasteiger partial charge is 0.250 e. The third kappa shape index (κ3) is 3.35. The van der Waals surface area contributed by atoms with Crippen LogP contribution in [0.3, 0.4) is 0 Å². The molecular weight excluding hydrogens is 320 g/mol. The summed E-state index contributed by atoms with van der Waals surface area (Å²) in [7, 11) is 1.66. The van der Waals surface area contributed by atoms with Crippen molar-refractivity contribution in [1.82, 2.24) is 4.57 Å². The van der Waals surface area contributed by atoms with Gasteiger partial charge in [-0.15, -0.1) is 0 Å². The van der Waals surface area contributed by atoms with Crippen molar-refractivity contribution < 1.29 is 19.0 Å². The van der Waals surface area contributed by atoms with Crippen molar-refractivity contribution in [2.75, 3.05) is 26.9 Å². The third-order valence-corrected chi connectivity index (χ3v) is 4.45. The Morgan fingerprint density at radius 3 is 2.68 bits per heavy atom. The van der Waals surface area contributed by atoms with Gasteiger partial charge in [-0.3, -0.25) is 4.79 Å². The minimum absolute atomic E-state index is 0.0593. The summed E-state index contributed by atoms with van der Waals surface area (Å²) in [5.74, 6) is 1.04. The molecule has 1 amide bonds. The Morgan fingerprint density at radius 1 is 1.28 bits per heavy atom. The van der Waals surface area contributed by atoms with Gasteiger partial charge in [-0.05, 0) is 38.1 Å². The van der Waals surface area contributed by atoms with E-state index in [9.17, 15) is 4.79 Å². The molecule has 1 atom stereocenters. The minimum Gasteiger partial charge on any atom is -0.490 e. The number of amides is 1. The van der Waals surface area contributed by atoms with Crippen LogP contribution >= 0.6 is 0 Å². The van der Waals surface area contributed by atoms with Gasteiger partial charge in [0, 0.05) is 30.5 Å². The van der Waals surface area contributed by atoms with Crippen LogP contribution in [0.1, 0.15) is 35.4 Å². The molecule has 134 valence electrons. The second-order valence-corrected chi connectivity index (χ2v) is 6.28. The van der Waals surface area contributed by atoms with Gasteiger partial charge in [0.25, 0.3) is 5.91 Å². The Labute approximate surface area is 147 Å². The van der Waals surface area contributed by atoms with Gasteiger partial charge in [0.05, 0.1) is 31.4 Å². The molecule has 6 nitrogen and oxygen atoms in total. The van der Waals surface area contributed by atoms with Crippen molar-refractivity contribution in [1.29, 1.82) is 0 Å². The largest absolute Gasteiger partial charge is 0.490 e. The van der Waals surface area contributed by atoms with E-state index >= 15 is 0 Å². The molecule has 1 aromatic heterocycles. The van der Waals surface area contributed by atoms with Crippen LogP contribution in [0.15, 0.2) is 24.3 Å². The van der Waals surface area contributed by atoms with Gasteiger partial charge < -0.3 is 24.5 Å². The summed E-state index contributed by atoms with van der Waals surface area (Å²) >= 11 is 0. The van der Waals surface area contributed by atoms with Crippen molar-refractivity contribution in [2.45, 2.75) is 26.3 Å². The third-order valence-electron chi connectivity index (χ3n) is 4.45. The van der Waals surface area contributed by atoms with E-state index < -0.39 is 5.91 Å². The van der Waals surface area contributed by atoms with E-state index in [4.69, 9.17) is 19.9 Å². The first-order chi connectivity index (χ1) is 12.0. The molecule has 0 aliphatic carbocycles. The molecule has 1 aromatic carbocycles. The topological polar surface area (TPSA) is 75.7 Å². The highest BCUT2D eigenvalue weighted by molar-refractivity contribution is 5.95. The minimum atomic E-state index is -0.434. The van der Waals surface area contributed by atoms with Crippen molar-refractivity contribution in [3.63, 3.8) is 0 Å². The molecule has 0 bridgehead atoms. The van der Waals surface area contributed by atoms with Gasteiger partial charge in [-0.25, -0.2) is 0 Å². The lowest BCUT2D eigenvalue weighted by molar-refractivity contribution is 0.0999. The average molecular weight is 344 g/mol. The average Bonchev–Trinajstić information content (AvgIpc) is 2.77. The van der Waals surface area contributed by atoms with Gasteiger partial charge in [0.1, 0.15) is 0 Å². The molecule has 2 aromatic rings. The van der Waals surface area contributed by atoms with E-state index in [1.54, 1.807) is 7.11 Å². The number of nitrogens with zero attached hydrogens (tertiary/aromatic N) is 1. The number of ether oxygens (including phenoxy) is 3. The van der Waals surface area contributed by atoms with Gasteiger partial charge in [-0.2, -0.15) is 0 Å². The molecule has 0 radical (unpaired) electrons. The first-order valence-electron chi connectivity index (χ1n) is 8.43. The molecule has 1 aliphatic rings. The molecule has 2 N–H and O–H groups in total. The lowest BCUT2D eigenvalue weighted by Gasteiger charge is -2.20. The zero-order valence-corrected chi connectivity index (χ0v) is 14.9. The molecule has 0 saturated carbocycles. The quantitative estimate of drug-likeness (QED) is 0.905. The Bertz CT molecular complexity index is 782. The van der Waals surface area contributed by atoms with Crippen LogP contribution in [0.25, 0.3) is 11.3 Å². The lowest BCUT2D eigenvalue weighted by Crippen LogP contribution is -2.16. The zero-order valence-electron chi connectivity index (χ0n) is 14.9. The Kier molecular flexibility index (Phi) is 4.99. The number of rotatable bonds is 5. The number of methoxy groups -OCH3 is 1. The van der Waals surface area contributed by atoms with E-state index in [0.717, 1.165) is 34.9 Å². The van der Waals surface area contributed by atoms with E-state index in [2.05, 4.69) is 4.57 Å². The molecule has 1 aliphatic heterocycles. The second kappa shape index (κ2) is 7.19. The highest BCUT2D eigenvalue weighted by Gasteiger charge is 2.21. The predicted molar refractivity (Wildman–Crippen MR) is 95.3 cm³/mol. The van der Waals surface area contributed by atoms with Crippen LogP contribution in [0.2, 0.25) is 0 Å². The number of carbonyl (C=O) groups excluding carboxylic acids is 1. The summed E-state index contributed by atoms with van der Waals surface area (Å²) in [6, 6.07) is 7.74. The van der Waals surface area contributed by atoms with E-state index in [1.807, 2.05) is 38.1 Å². The summed E-state index contributed by atoms with van der Waals surface area (Å²) in [4.78, 5) is 11.8. The van der Waals surface area contributed by atoms with Gasteiger partial charge in [-0.1, -0.05) is 0 Å². The molecular formula is C19H24N2O4. The number of aromatic nitrogens is 1. The molecule has 25 heavy (non-hydrogen) atoms. The predicted octanol–water partition coefficient (Wildman–Crippen LogP) is 2.93. The van der Waals surface area contributed by atoms with Gasteiger partial charge in [0.15, 0.2) is 11.5 Å². The first kappa shape index (κ1) is 17.4. The van der Waals surface area contributed by atoms with Gasteiger partial charge >= 0.3 is 0 Å². The highest BCUT2D eigenvalue weighted by atomic mass is 16.5. The first-order valence-corrected chi connectivity index (χ1v) is 8.43. The fourth-order valence-electron chi connectivity index (χ4n) is 3.30. The number of fused-ring (bicyclic) bond motifs is 1. The molecule has 2 heterocycles. The maximum absolute atomic E-state index is 11.8. The van der Waals surface area contributed by atoms with Crippen LogP contribution in [-0.2, 0) is 4.74 Å². The normalized spacial score (nSPS) is 14.8. The molecule has 3 rings (SSSR count). The zero-order chi connectivity index (χ0) is 18.0. The molecule has 0 fully saturated rings. The van der Waals surface area contributed by atoms with Gasteiger partial charge in [0.2, 0.25) is 0 Å². The summed E-state index contributed by atoms with van der Waals surface area (Å²) in [6.07, 6.45) is 0.857. The number of hydrogen-bond donors (Lipinski definition) is 1. The number of carbonyl (C=O) groups is 1. The number of benzene rings is 1. The van der Waals surface area contributed by atoms with E-state index in [1.165, 1.54) is 0 Å². The molecule has 0 saturated heterocycles. The maximum atomic E-state index is 11.8. The van der Waals surface area contributed by atoms with Crippen LogP contribution in [0.4, 0.5) is 0 Å². The molecule has 0 spiro atoms. The standard InChI is InChI=1S/C19H24N2O4/c1-12(11-23-3)21-13(2)15(19(20)22)10-16(21)14-5-6-17-18(9-14)25-8-4-7-24-17/h5-6,9-10,12H,4,7-8,11H2,1-3H3,(H2,20,22). The number of nitrogens with two attached hydrogens (primary N) is 1. The summed E-state index contributed by atoms with van der Waals surface area (Å²) in [5.41, 5.74) is 8.76. The summed E-state index contributed by atoms with van der Waals surface area (Å²) in [5, 5.41) is 0. The number of primary amides is 1. The lowest BCUT2D eigenvalue weighted by atomic mass is 10.1. The second-order valence-electron chi connectivity index (χ2n) is 6.28. The van der Waals surface area contributed by atoms with Crippen LogP contribution < -0.4 is 15.2 Å². The van der Waals surface area contributed by atoms with Crippen molar-refractivity contribution in [3.8, 4) is 22.8 Å². The molecule has 1 unspecified atom stereocenters. The fraction of sp³-hybridized carbons (Fsp3) is 0.421. The monoisotopic (exact) mass is 344 g/mol. The van der Waals surface area contributed by atoms with Crippen molar-refractivity contribution in [2.24, 2.45) is 5.73 Å². The van der Waals surface area contributed by atoms with Crippen LogP contribution in [0.5, 0.6) is 11.5 Å². The van der Waals surface area contributed by atoms with Crippen molar-refractivity contribution >= 4 is 5.91 Å². The summed E-state index contributed by atoms with van der Waals surface area (Å²) < 4.78 is 18.9. The molecule has 6 heteroatoms. The van der Waals surface area contributed by atoms with Crippen molar-refractivity contribution in [3.05, 3.63) is 35.5 Å². The van der Waals surface area contributed by atoms with Crippen LogP contribution in [0, 0.1) is 6.92 Å². The highest BCUT2D eigenvalue weighted by Crippen LogP contribution is 2.36. The maximum Gasteiger partial charge on any atom is 0.250 e. The summed E-state index contributed by atoms with van der Waals surface area (Å²) in [6.45, 7) is 5.76. The Hall–Kier alpha value is -2.47. The Balaban J connectivity index is 2.11. The van der Waals surface area contributed by atoms with E-state index in [-0.39, 0.29) is 6.04 Å². The fourth-order valence-corrected chi connectivity index (χ4v) is 3.30.